The highest BCUT2D eigenvalue weighted by Crippen LogP contribution is 2.39. The van der Waals surface area contributed by atoms with Crippen molar-refractivity contribution in [2.45, 2.75) is 59.2 Å². The second-order valence-electron chi connectivity index (χ2n) is 11.7. The van der Waals surface area contributed by atoms with E-state index in [2.05, 4.69) is 43.2 Å². The number of fused-ring (bicyclic) bond motifs is 3. The van der Waals surface area contributed by atoms with Gasteiger partial charge >= 0.3 is 6.09 Å². The lowest BCUT2D eigenvalue weighted by atomic mass is 10.0. The number of hydrogen-bond acceptors (Lipinski definition) is 10. The van der Waals surface area contributed by atoms with Gasteiger partial charge in [-0.15, -0.1) is 0 Å². The predicted molar refractivity (Wildman–Crippen MR) is 152 cm³/mol. The summed E-state index contributed by atoms with van der Waals surface area (Å²) < 4.78 is 11.5. The van der Waals surface area contributed by atoms with Crippen molar-refractivity contribution in [1.29, 1.82) is 0 Å². The number of rotatable bonds is 3. The molecule has 0 aromatic carbocycles. The lowest BCUT2D eigenvalue weighted by Crippen LogP contribution is -2.42. The fourth-order valence-corrected chi connectivity index (χ4v) is 5.48. The van der Waals surface area contributed by atoms with Crippen LogP contribution in [0.1, 0.15) is 48.8 Å². The Kier molecular flexibility index (Phi) is 6.69. The number of pyridine rings is 2. The van der Waals surface area contributed by atoms with E-state index in [-0.39, 0.29) is 0 Å². The number of nitrogens with zero attached hydrogens (tertiary/aromatic N) is 7. The Morgan fingerprint density at radius 3 is 2.67 bits per heavy atom. The van der Waals surface area contributed by atoms with Crippen LogP contribution in [0.5, 0.6) is 5.88 Å². The monoisotopic (exact) mass is 544 g/mol. The van der Waals surface area contributed by atoms with Crippen LogP contribution in [-0.2, 0) is 30.7 Å². The first kappa shape index (κ1) is 26.2. The maximum Gasteiger partial charge on any atom is 0.415 e. The molecule has 0 spiro atoms. The minimum absolute atomic E-state index is 0.373. The Morgan fingerprint density at radius 1 is 1.00 bits per heavy atom. The molecule has 11 nitrogen and oxygen atoms in total. The highest BCUT2D eigenvalue weighted by molar-refractivity contribution is 5.92. The van der Waals surface area contributed by atoms with E-state index < -0.39 is 11.7 Å². The van der Waals surface area contributed by atoms with Crippen molar-refractivity contribution < 1.29 is 14.3 Å². The summed E-state index contributed by atoms with van der Waals surface area (Å²) in [6.07, 6.45) is 6.99. The van der Waals surface area contributed by atoms with Gasteiger partial charge in [-0.2, -0.15) is 0 Å². The van der Waals surface area contributed by atoms with Crippen LogP contribution in [0.25, 0.3) is 0 Å². The molecule has 3 aliphatic heterocycles. The lowest BCUT2D eigenvalue weighted by Gasteiger charge is -2.35. The normalized spacial score (nSPS) is 16.9. The smallest absolute Gasteiger partial charge is 0.415 e. The number of aromatic nitrogens is 4. The number of hydrogen-bond donors (Lipinski definition) is 1. The van der Waals surface area contributed by atoms with E-state index in [4.69, 9.17) is 14.5 Å². The van der Waals surface area contributed by atoms with Crippen molar-refractivity contribution in [3.63, 3.8) is 0 Å². The summed E-state index contributed by atoms with van der Waals surface area (Å²) in [5.74, 6) is 1.01. The molecule has 1 N–H and O–H groups in total. The lowest BCUT2D eigenvalue weighted by molar-refractivity contribution is 0.0566. The molecule has 3 aromatic rings. The van der Waals surface area contributed by atoms with Crippen LogP contribution >= 0.6 is 0 Å². The summed E-state index contributed by atoms with van der Waals surface area (Å²) in [5, 5.41) is 3.35. The van der Waals surface area contributed by atoms with Crippen LogP contribution in [0.2, 0.25) is 0 Å². The van der Waals surface area contributed by atoms with Crippen LogP contribution in [0.3, 0.4) is 0 Å². The van der Waals surface area contributed by atoms with Crippen molar-refractivity contribution in [2.75, 3.05) is 48.4 Å². The molecule has 11 heteroatoms. The minimum atomic E-state index is -0.595. The molecule has 210 valence electrons. The highest BCUT2D eigenvalue weighted by Gasteiger charge is 2.33. The molecule has 0 atom stereocenters. The summed E-state index contributed by atoms with van der Waals surface area (Å²) in [6, 6.07) is 2.15. The third-order valence-corrected chi connectivity index (χ3v) is 7.46. The first-order valence-electron chi connectivity index (χ1n) is 13.8. The Hall–Kier alpha value is -3.99. The van der Waals surface area contributed by atoms with Crippen molar-refractivity contribution in [3.05, 3.63) is 52.7 Å². The fourth-order valence-electron chi connectivity index (χ4n) is 5.48. The Morgan fingerprint density at radius 2 is 1.85 bits per heavy atom. The van der Waals surface area contributed by atoms with Gasteiger partial charge in [-0.25, -0.2) is 19.7 Å². The van der Waals surface area contributed by atoms with Gasteiger partial charge in [-0.3, -0.25) is 9.88 Å². The Balaban J connectivity index is 1.23. The summed E-state index contributed by atoms with van der Waals surface area (Å²) in [4.78, 5) is 37.9. The van der Waals surface area contributed by atoms with Gasteiger partial charge in [-0.05, 0) is 58.4 Å². The molecule has 3 aliphatic rings. The first-order valence-corrected chi connectivity index (χ1v) is 13.8. The second-order valence-corrected chi connectivity index (χ2v) is 11.7. The number of anilines is 4. The first-order chi connectivity index (χ1) is 19.1. The van der Waals surface area contributed by atoms with Gasteiger partial charge in [0.2, 0.25) is 11.8 Å². The number of nitrogens with one attached hydrogen (secondary N) is 1. The van der Waals surface area contributed by atoms with Crippen molar-refractivity contribution in [2.24, 2.45) is 0 Å². The number of ether oxygens (including phenoxy) is 2. The molecule has 1 amide bonds. The molecule has 0 aliphatic carbocycles. The number of likely N-dealkylation sites (N-methyl/N-ethyl adjacent to an activating group) is 1. The molecular formula is C29H36N8O3. The third kappa shape index (κ3) is 5.25. The molecule has 6 heterocycles. The van der Waals surface area contributed by atoms with Crippen LogP contribution in [-0.4, -0.2) is 69.8 Å². The van der Waals surface area contributed by atoms with E-state index in [9.17, 15) is 4.79 Å². The van der Waals surface area contributed by atoms with Crippen molar-refractivity contribution in [3.8, 4) is 5.88 Å². The van der Waals surface area contributed by atoms with Gasteiger partial charge in [0.05, 0.1) is 42.6 Å². The maximum atomic E-state index is 13.0. The summed E-state index contributed by atoms with van der Waals surface area (Å²) in [5.41, 5.74) is 7.33. The van der Waals surface area contributed by atoms with Crippen molar-refractivity contribution >= 4 is 29.1 Å². The zero-order chi connectivity index (χ0) is 28.0. The summed E-state index contributed by atoms with van der Waals surface area (Å²) >= 11 is 0. The largest absolute Gasteiger partial charge is 0.474 e. The fraction of sp³-hybridized carbons (Fsp3) is 0.483. The van der Waals surface area contributed by atoms with E-state index in [1.54, 1.807) is 4.90 Å². The van der Waals surface area contributed by atoms with Gasteiger partial charge in [0.1, 0.15) is 17.9 Å². The summed E-state index contributed by atoms with van der Waals surface area (Å²) in [7, 11) is 2.13. The molecule has 40 heavy (non-hydrogen) atoms. The SMILES string of the molecule is Cc1c(N2CCc3cnc(Nc4cnc5c(c4)CN(C)CC5)nc3C2)cnc2c1N(C(=O)OC(C)(C)C)CCO2. The Bertz CT molecular complexity index is 1450. The van der Waals surface area contributed by atoms with E-state index in [1.807, 2.05) is 46.3 Å². The minimum Gasteiger partial charge on any atom is -0.474 e. The molecule has 0 saturated carbocycles. The van der Waals surface area contributed by atoms with Crippen molar-refractivity contribution in [1.82, 2.24) is 24.8 Å². The average molecular weight is 545 g/mol. The van der Waals surface area contributed by atoms with Gasteiger partial charge in [-0.1, -0.05) is 0 Å². The quantitative estimate of drug-likeness (QED) is 0.520. The van der Waals surface area contributed by atoms with Crippen LogP contribution in [0.15, 0.2) is 24.7 Å². The molecule has 0 unspecified atom stereocenters. The zero-order valence-electron chi connectivity index (χ0n) is 23.8. The molecule has 6 rings (SSSR count). The predicted octanol–water partition coefficient (Wildman–Crippen LogP) is 4.00. The second kappa shape index (κ2) is 10.2. The number of carbonyl (C=O) groups excluding carboxylic acids is 1. The average Bonchev–Trinajstić information content (AvgIpc) is 2.91. The van der Waals surface area contributed by atoms with Crippen LogP contribution in [0, 0.1) is 6.92 Å². The molecule has 0 saturated heterocycles. The molecular weight excluding hydrogens is 508 g/mol. The van der Waals surface area contributed by atoms with Crippen LogP contribution < -0.4 is 19.9 Å². The van der Waals surface area contributed by atoms with Gasteiger partial charge < -0.3 is 24.6 Å². The van der Waals surface area contributed by atoms with E-state index in [0.717, 1.165) is 66.4 Å². The third-order valence-electron chi connectivity index (χ3n) is 7.46. The molecule has 0 radical (unpaired) electrons. The highest BCUT2D eigenvalue weighted by atomic mass is 16.6. The molecule has 3 aromatic heterocycles. The van der Waals surface area contributed by atoms with Crippen LogP contribution in [0.4, 0.5) is 27.8 Å². The van der Waals surface area contributed by atoms with E-state index >= 15 is 0 Å². The van der Waals surface area contributed by atoms with E-state index in [0.29, 0.717) is 37.2 Å². The van der Waals surface area contributed by atoms with Gasteiger partial charge in [0.15, 0.2) is 0 Å². The summed E-state index contributed by atoms with van der Waals surface area (Å²) in [6.45, 7) is 11.7. The Labute approximate surface area is 234 Å². The number of carbonyl (C=O) groups is 1. The van der Waals surface area contributed by atoms with Gasteiger partial charge in [0.25, 0.3) is 0 Å². The molecule has 0 bridgehead atoms. The zero-order valence-corrected chi connectivity index (χ0v) is 23.8. The maximum absolute atomic E-state index is 13.0. The standard InChI is InChI=1S/C29H36N8O3/c1-18-24(15-31-26-25(18)37(10-11-39-26)28(38)40-29(2,3)4)36-9-6-19-13-32-27(34-23(19)17-36)33-21-12-20-16-35(5)8-7-22(20)30-14-21/h12-15H,6-11,16-17H2,1-5H3,(H,32,33,34). The van der Waals surface area contributed by atoms with E-state index in [1.165, 1.54) is 5.56 Å². The molecule has 0 fully saturated rings. The topological polar surface area (TPSA) is 109 Å². The van der Waals surface area contributed by atoms with Gasteiger partial charge in [0, 0.05) is 43.5 Å². The number of amides is 1.